The first-order chi connectivity index (χ1) is 13.8. The van der Waals surface area contributed by atoms with Crippen molar-refractivity contribution in [2.24, 2.45) is 0 Å². The Labute approximate surface area is 164 Å². The molecule has 1 fully saturated rings. The number of benzene rings is 1. The number of piperazine rings is 1. The molecule has 3 heterocycles. The number of anilines is 2. The first-order valence-electron chi connectivity index (χ1n) is 9.49. The van der Waals surface area contributed by atoms with Crippen LogP contribution in [-0.4, -0.2) is 42.1 Å². The summed E-state index contributed by atoms with van der Waals surface area (Å²) in [5, 5.41) is 2.88. The van der Waals surface area contributed by atoms with Gasteiger partial charge in [0, 0.05) is 49.9 Å². The van der Waals surface area contributed by atoms with Gasteiger partial charge in [-0.3, -0.25) is 14.8 Å². The van der Waals surface area contributed by atoms with E-state index in [0.717, 1.165) is 37.6 Å². The van der Waals surface area contributed by atoms with Crippen LogP contribution < -0.4 is 15.1 Å². The fourth-order valence-electron chi connectivity index (χ4n) is 3.37. The predicted molar refractivity (Wildman–Crippen MR) is 111 cm³/mol. The number of hydrogen-bond donors (Lipinski definition) is 1. The average molecular weight is 373 g/mol. The number of amides is 1. The van der Waals surface area contributed by atoms with Gasteiger partial charge in [-0.05, 0) is 36.4 Å². The van der Waals surface area contributed by atoms with Crippen molar-refractivity contribution >= 4 is 17.3 Å². The van der Waals surface area contributed by atoms with Crippen LogP contribution in [-0.2, 0) is 6.54 Å². The van der Waals surface area contributed by atoms with Gasteiger partial charge in [0.15, 0.2) is 0 Å². The number of nitrogens with one attached hydrogen (secondary N) is 1. The molecule has 1 N–H and O–H groups in total. The highest BCUT2D eigenvalue weighted by Gasteiger charge is 2.18. The van der Waals surface area contributed by atoms with E-state index in [1.54, 1.807) is 12.4 Å². The number of aromatic nitrogens is 2. The first-order valence-corrected chi connectivity index (χ1v) is 9.49. The molecule has 0 radical (unpaired) electrons. The lowest BCUT2D eigenvalue weighted by Crippen LogP contribution is -2.46. The minimum Gasteiger partial charge on any atom is -0.368 e. The lowest BCUT2D eigenvalue weighted by molar-refractivity contribution is 0.0945. The molecular weight excluding hydrogens is 350 g/mol. The molecule has 28 heavy (non-hydrogen) atoms. The largest absolute Gasteiger partial charge is 0.368 e. The van der Waals surface area contributed by atoms with Crippen molar-refractivity contribution in [2.75, 3.05) is 36.0 Å². The second-order valence-electron chi connectivity index (χ2n) is 6.71. The van der Waals surface area contributed by atoms with Crippen molar-refractivity contribution in [2.45, 2.75) is 6.54 Å². The third kappa shape index (κ3) is 4.28. The average Bonchev–Trinajstić information content (AvgIpc) is 2.79. The lowest BCUT2D eigenvalue weighted by Gasteiger charge is -2.37. The van der Waals surface area contributed by atoms with Gasteiger partial charge in [-0.2, -0.15) is 0 Å². The topological polar surface area (TPSA) is 61.4 Å². The standard InChI is InChI=1S/C22H23N5O/c28-22(25-17-18-6-4-5-10-23-18)21-16-20(9-11-24-21)27-14-12-26(13-15-27)19-7-2-1-3-8-19/h1-11,16H,12-15,17H2,(H,25,28). The number of carbonyl (C=O) groups is 1. The van der Waals surface area contributed by atoms with Crippen LogP contribution in [0.25, 0.3) is 0 Å². The molecule has 0 saturated carbocycles. The molecule has 4 rings (SSSR count). The zero-order valence-electron chi connectivity index (χ0n) is 15.7. The number of rotatable bonds is 5. The summed E-state index contributed by atoms with van der Waals surface area (Å²) >= 11 is 0. The summed E-state index contributed by atoms with van der Waals surface area (Å²) in [7, 11) is 0. The van der Waals surface area contributed by atoms with Gasteiger partial charge in [0.05, 0.1) is 12.2 Å². The molecule has 1 amide bonds. The van der Waals surface area contributed by atoms with Crippen LogP contribution in [0.2, 0.25) is 0 Å². The molecule has 2 aromatic heterocycles. The van der Waals surface area contributed by atoms with Gasteiger partial charge in [-0.1, -0.05) is 24.3 Å². The van der Waals surface area contributed by atoms with E-state index in [2.05, 4.69) is 49.4 Å². The second-order valence-corrected chi connectivity index (χ2v) is 6.71. The highest BCUT2D eigenvalue weighted by molar-refractivity contribution is 5.93. The maximum Gasteiger partial charge on any atom is 0.270 e. The molecule has 0 bridgehead atoms. The van der Waals surface area contributed by atoms with Crippen LogP contribution >= 0.6 is 0 Å². The van der Waals surface area contributed by atoms with Crippen LogP contribution in [0.4, 0.5) is 11.4 Å². The van der Waals surface area contributed by atoms with Crippen LogP contribution in [0.5, 0.6) is 0 Å². The van der Waals surface area contributed by atoms with E-state index in [-0.39, 0.29) is 5.91 Å². The van der Waals surface area contributed by atoms with Crippen LogP contribution in [0, 0.1) is 0 Å². The Morgan fingerprint density at radius 2 is 1.54 bits per heavy atom. The molecule has 1 aliphatic rings. The number of para-hydroxylation sites is 1. The molecular formula is C22H23N5O. The summed E-state index contributed by atoms with van der Waals surface area (Å²) < 4.78 is 0. The Bertz CT molecular complexity index is 908. The Kier molecular flexibility index (Phi) is 5.47. The molecule has 6 nitrogen and oxygen atoms in total. The van der Waals surface area contributed by atoms with Gasteiger partial charge in [-0.25, -0.2) is 0 Å². The molecule has 1 saturated heterocycles. The summed E-state index contributed by atoms with van der Waals surface area (Å²) in [4.78, 5) is 25.6. The van der Waals surface area contributed by atoms with Gasteiger partial charge in [0.25, 0.3) is 5.91 Å². The summed E-state index contributed by atoms with van der Waals surface area (Å²) in [5.74, 6) is -0.185. The minimum absolute atomic E-state index is 0.185. The number of carbonyl (C=O) groups excluding carboxylic acids is 1. The smallest absolute Gasteiger partial charge is 0.270 e. The lowest BCUT2D eigenvalue weighted by atomic mass is 10.2. The van der Waals surface area contributed by atoms with Crippen LogP contribution in [0.15, 0.2) is 73.1 Å². The zero-order chi connectivity index (χ0) is 19.2. The molecule has 0 unspecified atom stereocenters. The van der Waals surface area contributed by atoms with E-state index < -0.39 is 0 Å². The molecule has 142 valence electrons. The van der Waals surface area contributed by atoms with E-state index >= 15 is 0 Å². The second kappa shape index (κ2) is 8.52. The minimum atomic E-state index is -0.185. The molecule has 0 aliphatic carbocycles. The monoisotopic (exact) mass is 373 g/mol. The Morgan fingerprint density at radius 3 is 2.25 bits per heavy atom. The fourth-order valence-corrected chi connectivity index (χ4v) is 3.37. The summed E-state index contributed by atoms with van der Waals surface area (Å²) in [6, 6.07) is 19.9. The Balaban J connectivity index is 1.37. The van der Waals surface area contributed by atoms with E-state index in [0.29, 0.717) is 12.2 Å². The Morgan fingerprint density at radius 1 is 0.821 bits per heavy atom. The van der Waals surface area contributed by atoms with Crippen molar-refractivity contribution < 1.29 is 4.79 Å². The predicted octanol–water partition coefficient (Wildman–Crippen LogP) is 2.73. The summed E-state index contributed by atoms with van der Waals surface area (Å²) in [6.07, 6.45) is 3.42. The molecule has 0 spiro atoms. The van der Waals surface area contributed by atoms with Crippen LogP contribution in [0.1, 0.15) is 16.2 Å². The summed E-state index contributed by atoms with van der Waals surface area (Å²) in [5.41, 5.74) is 3.54. The van der Waals surface area contributed by atoms with Crippen molar-refractivity contribution in [1.82, 2.24) is 15.3 Å². The normalized spacial score (nSPS) is 14.0. The number of nitrogens with zero attached hydrogens (tertiary/aromatic N) is 4. The molecule has 1 aliphatic heterocycles. The maximum absolute atomic E-state index is 12.5. The maximum atomic E-state index is 12.5. The van der Waals surface area contributed by atoms with Crippen LogP contribution in [0.3, 0.4) is 0 Å². The van der Waals surface area contributed by atoms with Crippen molar-refractivity contribution in [1.29, 1.82) is 0 Å². The van der Waals surface area contributed by atoms with E-state index in [4.69, 9.17) is 0 Å². The van der Waals surface area contributed by atoms with Gasteiger partial charge >= 0.3 is 0 Å². The van der Waals surface area contributed by atoms with Gasteiger partial charge in [0.1, 0.15) is 5.69 Å². The third-order valence-electron chi connectivity index (χ3n) is 4.90. The van der Waals surface area contributed by atoms with Crippen molar-refractivity contribution in [3.8, 4) is 0 Å². The van der Waals surface area contributed by atoms with E-state index in [1.807, 2.05) is 36.4 Å². The molecule has 6 heteroatoms. The molecule has 3 aromatic rings. The van der Waals surface area contributed by atoms with Crippen molar-refractivity contribution in [3.05, 3.63) is 84.4 Å². The number of pyridine rings is 2. The highest BCUT2D eigenvalue weighted by Crippen LogP contribution is 2.20. The molecule has 0 atom stereocenters. The Hall–Kier alpha value is -3.41. The summed E-state index contributed by atoms with van der Waals surface area (Å²) in [6.45, 7) is 4.12. The third-order valence-corrected chi connectivity index (χ3v) is 4.90. The van der Waals surface area contributed by atoms with E-state index in [9.17, 15) is 4.79 Å². The van der Waals surface area contributed by atoms with Gasteiger partial charge < -0.3 is 15.1 Å². The zero-order valence-corrected chi connectivity index (χ0v) is 15.7. The van der Waals surface area contributed by atoms with Gasteiger partial charge in [0.2, 0.25) is 0 Å². The fraction of sp³-hybridized carbons (Fsp3) is 0.227. The van der Waals surface area contributed by atoms with Gasteiger partial charge in [-0.15, -0.1) is 0 Å². The quantitative estimate of drug-likeness (QED) is 0.745. The van der Waals surface area contributed by atoms with E-state index in [1.165, 1.54) is 5.69 Å². The molecule has 1 aromatic carbocycles. The first kappa shape index (κ1) is 18.0. The number of hydrogen-bond acceptors (Lipinski definition) is 5. The highest BCUT2D eigenvalue weighted by atomic mass is 16.1. The SMILES string of the molecule is O=C(NCc1ccccn1)c1cc(N2CCN(c3ccccc3)CC2)ccn1. The van der Waals surface area contributed by atoms with Crippen molar-refractivity contribution in [3.63, 3.8) is 0 Å².